The van der Waals surface area contributed by atoms with Gasteiger partial charge in [-0.25, -0.2) is 4.68 Å². The molecule has 0 saturated heterocycles. The van der Waals surface area contributed by atoms with Crippen molar-refractivity contribution in [1.29, 1.82) is 0 Å². The number of hydrogen-bond acceptors (Lipinski definition) is 3. The summed E-state index contributed by atoms with van der Waals surface area (Å²) < 4.78 is 1.83. The third kappa shape index (κ3) is 2.69. The second kappa shape index (κ2) is 6.27. The first-order valence-electron chi connectivity index (χ1n) is 8.75. The highest BCUT2D eigenvalue weighted by molar-refractivity contribution is 6.35. The Morgan fingerprint density at radius 2 is 1.96 bits per heavy atom. The Kier molecular flexibility index (Phi) is 3.76. The summed E-state index contributed by atoms with van der Waals surface area (Å²) in [6.07, 6.45) is 3.00. The Balaban J connectivity index is 1.38. The van der Waals surface area contributed by atoms with Crippen LogP contribution in [0.5, 0.6) is 0 Å². The predicted molar refractivity (Wildman–Crippen MR) is 102 cm³/mol. The maximum Gasteiger partial charge on any atom is 0.0971 e. The normalized spacial score (nSPS) is 14.7. The molecule has 0 radical (unpaired) electrons. The van der Waals surface area contributed by atoms with Crippen molar-refractivity contribution in [3.8, 4) is 5.69 Å². The smallest absolute Gasteiger partial charge is 0.0971 e. The van der Waals surface area contributed by atoms with Gasteiger partial charge in [-0.15, -0.1) is 5.10 Å². The monoisotopic (exact) mass is 363 g/mol. The van der Waals surface area contributed by atoms with E-state index in [-0.39, 0.29) is 0 Å². The molecule has 0 unspecified atom stereocenters. The van der Waals surface area contributed by atoms with Gasteiger partial charge in [0.2, 0.25) is 0 Å². The number of aromatic nitrogens is 4. The van der Waals surface area contributed by atoms with Crippen LogP contribution in [0, 0.1) is 0 Å². The second-order valence-electron chi connectivity index (χ2n) is 6.70. The molecule has 1 N–H and O–H groups in total. The van der Waals surface area contributed by atoms with Crippen LogP contribution in [-0.4, -0.2) is 31.4 Å². The lowest BCUT2D eigenvalue weighted by Gasteiger charge is -2.26. The van der Waals surface area contributed by atoms with Gasteiger partial charge >= 0.3 is 0 Å². The fraction of sp³-hybridized carbons (Fsp3) is 0.200. The van der Waals surface area contributed by atoms with Crippen LogP contribution in [0.15, 0.2) is 54.7 Å². The van der Waals surface area contributed by atoms with Gasteiger partial charge in [-0.3, -0.25) is 4.90 Å². The number of nitrogens with zero attached hydrogens (tertiary/aromatic N) is 4. The molecule has 26 heavy (non-hydrogen) atoms. The van der Waals surface area contributed by atoms with Gasteiger partial charge in [0.25, 0.3) is 0 Å². The van der Waals surface area contributed by atoms with E-state index in [2.05, 4.69) is 26.3 Å². The number of halogens is 1. The molecule has 0 saturated carbocycles. The van der Waals surface area contributed by atoms with E-state index in [4.69, 9.17) is 11.6 Å². The van der Waals surface area contributed by atoms with E-state index < -0.39 is 0 Å². The number of fused-ring (bicyclic) bond motifs is 3. The largest absolute Gasteiger partial charge is 0.357 e. The lowest BCUT2D eigenvalue weighted by atomic mass is 10.0. The average molecular weight is 364 g/mol. The molecule has 130 valence electrons. The highest BCUT2D eigenvalue weighted by atomic mass is 35.5. The molecule has 5 rings (SSSR count). The maximum absolute atomic E-state index is 6.34. The third-order valence-corrected chi connectivity index (χ3v) is 5.30. The summed E-state index contributed by atoms with van der Waals surface area (Å²) in [4.78, 5) is 5.92. The Hall–Kier alpha value is -2.63. The molecule has 5 nitrogen and oxygen atoms in total. The van der Waals surface area contributed by atoms with Gasteiger partial charge < -0.3 is 4.98 Å². The van der Waals surface area contributed by atoms with Crippen LogP contribution in [0.3, 0.4) is 0 Å². The molecule has 0 bridgehead atoms. The van der Waals surface area contributed by atoms with Gasteiger partial charge in [-0.2, -0.15) is 0 Å². The lowest BCUT2D eigenvalue weighted by Crippen LogP contribution is -2.29. The van der Waals surface area contributed by atoms with Crippen LogP contribution in [0.1, 0.15) is 17.0 Å². The van der Waals surface area contributed by atoms with Crippen LogP contribution >= 0.6 is 11.6 Å². The van der Waals surface area contributed by atoms with Crippen molar-refractivity contribution >= 4 is 22.5 Å². The number of rotatable bonds is 3. The first kappa shape index (κ1) is 15.6. The second-order valence-corrected chi connectivity index (χ2v) is 7.10. The van der Waals surface area contributed by atoms with E-state index in [0.717, 1.165) is 48.0 Å². The molecule has 2 aromatic heterocycles. The van der Waals surface area contributed by atoms with Gasteiger partial charge in [0, 0.05) is 37.1 Å². The molecule has 1 aliphatic heterocycles. The summed E-state index contributed by atoms with van der Waals surface area (Å²) >= 11 is 6.34. The van der Waals surface area contributed by atoms with Crippen LogP contribution in [0.4, 0.5) is 0 Å². The highest BCUT2D eigenvalue weighted by Crippen LogP contribution is 2.31. The van der Waals surface area contributed by atoms with Gasteiger partial charge in [0.1, 0.15) is 0 Å². The van der Waals surface area contributed by atoms with Crippen molar-refractivity contribution in [2.24, 2.45) is 0 Å². The molecule has 0 fully saturated rings. The Morgan fingerprint density at radius 1 is 1.08 bits per heavy atom. The molecule has 4 aromatic rings. The lowest BCUT2D eigenvalue weighted by molar-refractivity contribution is 0.243. The van der Waals surface area contributed by atoms with E-state index in [1.165, 1.54) is 16.6 Å². The molecular weight excluding hydrogens is 346 g/mol. The fourth-order valence-corrected chi connectivity index (χ4v) is 3.92. The maximum atomic E-state index is 6.34. The molecule has 3 heterocycles. The number of para-hydroxylation sites is 2. The summed E-state index contributed by atoms with van der Waals surface area (Å²) in [5, 5.41) is 10.6. The molecule has 0 aliphatic carbocycles. The first-order valence-corrected chi connectivity index (χ1v) is 9.13. The van der Waals surface area contributed by atoms with Crippen LogP contribution < -0.4 is 0 Å². The topological polar surface area (TPSA) is 49.7 Å². The van der Waals surface area contributed by atoms with E-state index in [0.29, 0.717) is 0 Å². The fourth-order valence-electron chi connectivity index (χ4n) is 3.70. The SMILES string of the molecule is Clc1cccc2c3c([nH]c12)CCN(Cc1cn(-c2ccccc2)nn1)C3. The van der Waals surface area contributed by atoms with Gasteiger partial charge in [0.05, 0.1) is 28.1 Å². The predicted octanol–water partition coefficient (Wildman–Crippen LogP) is 3.96. The van der Waals surface area contributed by atoms with E-state index in [1.54, 1.807) is 0 Å². The summed E-state index contributed by atoms with van der Waals surface area (Å²) in [5.41, 5.74) is 5.71. The van der Waals surface area contributed by atoms with Crippen molar-refractivity contribution in [1.82, 2.24) is 24.9 Å². The van der Waals surface area contributed by atoms with E-state index >= 15 is 0 Å². The van der Waals surface area contributed by atoms with Gasteiger partial charge in [-0.05, 0) is 23.8 Å². The van der Waals surface area contributed by atoms with Crippen molar-refractivity contribution in [3.63, 3.8) is 0 Å². The summed E-state index contributed by atoms with van der Waals surface area (Å²) in [7, 11) is 0. The zero-order valence-electron chi connectivity index (χ0n) is 14.2. The minimum Gasteiger partial charge on any atom is -0.357 e. The average Bonchev–Trinajstić information content (AvgIpc) is 3.28. The van der Waals surface area contributed by atoms with Gasteiger partial charge in [-0.1, -0.05) is 47.1 Å². The van der Waals surface area contributed by atoms with E-state index in [1.807, 2.05) is 53.3 Å². The van der Waals surface area contributed by atoms with Crippen LogP contribution in [-0.2, 0) is 19.5 Å². The minimum atomic E-state index is 0.786. The number of nitrogens with one attached hydrogen (secondary N) is 1. The zero-order chi connectivity index (χ0) is 17.5. The van der Waals surface area contributed by atoms with Crippen molar-refractivity contribution in [2.75, 3.05) is 6.54 Å². The Bertz CT molecular complexity index is 1070. The molecule has 0 amide bonds. The van der Waals surface area contributed by atoms with Gasteiger partial charge in [0.15, 0.2) is 0 Å². The zero-order valence-corrected chi connectivity index (χ0v) is 14.9. The Morgan fingerprint density at radius 3 is 2.85 bits per heavy atom. The van der Waals surface area contributed by atoms with Crippen molar-refractivity contribution in [3.05, 3.63) is 76.7 Å². The number of H-pyrrole nitrogens is 1. The van der Waals surface area contributed by atoms with Crippen LogP contribution in [0.25, 0.3) is 16.6 Å². The molecule has 0 atom stereocenters. The summed E-state index contributed by atoms with van der Waals surface area (Å²) in [6.45, 7) is 2.68. The number of hydrogen-bond donors (Lipinski definition) is 1. The Labute approximate surface area is 156 Å². The van der Waals surface area contributed by atoms with Crippen molar-refractivity contribution < 1.29 is 0 Å². The third-order valence-electron chi connectivity index (χ3n) is 4.99. The van der Waals surface area contributed by atoms with E-state index in [9.17, 15) is 0 Å². The first-order chi connectivity index (χ1) is 12.8. The molecule has 0 spiro atoms. The molecule has 1 aliphatic rings. The van der Waals surface area contributed by atoms with Crippen molar-refractivity contribution in [2.45, 2.75) is 19.5 Å². The van der Waals surface area contributed by atoms with Crippen LogP contribution in [0.2, 0.25) is 5.02 Å². The number of aromatic amines is 1. The molecular formula is C20H18ClN5. The highest BCUT2D eigenvalue weighted by Gasteiger charge is 2.22. The molecule has 6 heteroatoms. The standard InChI is InChI=1S/C20H18ClN5/c21-18-8-4-7-16-17-13-25(10-9-19(17)22-20(16)18)11-14-12-26(24-23-14)15-5-2-1-3-6-15/h1-8,12,22H,9-11,13H2. The quantitative estimate of drug-likeness (QED) is 0.599. The number of benzene rings is 2. The summed E-state index contributed by atoms with van der Waals surface area (Å²) in [5.74, 6) is 0. The summed E-state index contributed by atoms with van der Waals surface area (Å²) in [6, 6.07) is 16.2. The molecule has 2 aromatic carbocycles. The minimum absolute atomic E-state index is 0.786.